The second-order valence-electron chi connectivity index (χ2n) is 5.12. The maximum absolute atomic E-state index is 6.13. The molecule has 98 valence electrons. The standard InChI is InChI=1S/C14H20N2O2/c15-11-3-1-2-4-12(11)16-8-10-5-6-13-14(7-10)18-9-17-13/h5-7,11-12,16H,1-4,8-9,15H2/t11-,12+/m1/s1. The van der Waals surface area contributed by atoms with Gasteiger partial charge >= 0.3 is 0 Å². The minimum absolute atomic E-state index is 0.299. The number of benzene rings is 1. The van der Waals surface area contributed by atoms with Crippen molar-refractivity contribution >= 4 is 0 Å². The first kappa shape index (κ1) is 11.8. The fourth-order valence-corrected chi connectivity index (χ4v) is 2.71. The molecule has 3 rings (SSSR count). The molecule has 1 aromatic carbocycles. The third-order valence-corrected chi connectivity index (χ3v) is 3.82. The van der Waals surface area contributed by atoms with Crippen LogP contribution in [0.1, 0.15) is 31.2 Å². The molecule has 2 atom stereocenters. The van der Waals surface area contributed by atoms with Crippen molar-refractivity contribution in [1.82, 2.24) is 5.32 Å². The van der Waals surface area contributed by atoms with Gasteiger partial charge in [0.25, 0.3) is 0 Å². The second-order valence-corrected chi connectivity index (χ2v) is 5.12. The molecule has 18 heavy (non-hydrogen) atoms. The van der Waals surface area contributed by atoms with Crippen LogP contribution in [0.3, 0.4) is 0 Å². The van der Waals surface area contributed by atoms with Crippen molar-refractivity contribution in [3.8, 4) is 11.5 Å². The molecule has 3 N–H and O–H groups in total. The van der Waals surface area contributed by atoms with Gasteiger partial charge in [-0.3, -0.25) is 0 Å². The quantitative estimate of drug-likeness (QED) is 0.856. The highest BCUT2D eigenvalue weighted by Gasteiger charge is 2.21. The van der Waals surface area contributed by atoms with Gasteiger partial charge in [-0.05, 0) is 30.5 Å². The van der Waals surface area contributed by atoms with E-state index in [2.05, 4.69) is 11.4 Å². The molecule has 2 aliphatic rings. The molecular weight excluding hydrogens is 228 g/mol. The van der Waals surface area contributed by atoms with Crippen molar-refractivity contribution in [3.63, 3.8) is 0 Å². The van der Waals surface area contributed by atoms with Crippen molar-refractivity contribution in [3.05, 3.63) is 23.8 Å². The second kappa shape index (κ2) is 5.16. The zero-order valence-electron chi connectivity index (χ0n) is 10.5. The lowest BCUT2D eigenvalue weighted by Gasteiger charge is -2.29. The Kier molecular flexibility index (Phi) is 3.39. The normalized spacial score (nSPS) is 26.3. The largest absolute Gasteiger partial charge is 0.454 e. The summed E-state index contributed by atoms with van der Waals surface area (Å²) in [5.74, 6) is 1.69. The van der Waals surface area contributed by atoms with Gasteiger partial charge in [-0.25, -0.2) is 0 Å². The summed E-state index contributed by atoms with van der Waals surface area (Å²) >= 11 is 0. The Bertz CT molecular complexity index is 422. The van der Waals surface area contributed by atoms with Crippen LogP contribution in [0.5, 0.6) is 11.5 Å². The van der Waals surface area contributed by atoms with E-state index >= 15 is 0 Å². The first-order valence-corrected chi connectivity index (χ1v) is 6.70. The number of hydrogen-bond acceptors (Lipinski definition) is 4. The van der Waals surface area contributed by atoms with E-state index in [1.165, 1.54) is 24.8 Å². The highest BCUT2D eigenvalue weighted by Crippen LogP contribution is 2.32. The number of hydrogen-bond donors (Lipinski definition) is 2. The molecule has 0 bridgehead atoms. The minimum atomic E-state index is 0.299. The average Bonchev–Trinajstić information content (AvgIpc) is 2.85. The summed E-state index contributed by atoms with van der Waals surface area (Å²) in [7, 11) is 0. The fourth-order valence-electron chi connectivity index (χ4n) is 2.71. The summed E-state index contributed by atoms with van der Waals surface area (Å²) in [6, 6.07) is 6.84. The third kappa shape index (κ3) is 2.44. The molecule has 1 aliphatic heterocycles. The first-order valence-electron chi connectivity index (χ1n) is 6.70. The lowest BCUT2D eigenvalue weighted by atomic mass is 9.91. The maximum atomic E-state index is 6.13. The van der Waals surface area contributed by atoms with Gasteiger partial charge in [0.2, 0.25) is 6.79 Å². The van der Waals surface area contributed by atoms with Crippen LogP contribution < -0.4 is 20.5 Å². The Morgan fingerprint density at radius 2 is 2.00 bits per heavy atom. The topological polar surface area (TPSA) is 56.5 Å². The van der Waals surface area contributed by atoms with Crippen LogP contribution in [-0.4, -0.2) is 18.9 Å². The van der Waals surface area contributed by atoms with Crippen LogP contribution in [0.2, 0.25) is 0 Å². The van der Waals surface area contributed by atoms with Crippen LogP contribution in [0.25, 0.3) is 0 Å². The summed E-state index contributed by atoms with van der Waals surface area (Å²) in [6.45, 7) is 1.18. The van der Waals surface area contributed by atoms with Crippen molar-refractivity contribution in [2.45, 2.75) is 44.3 Å². The van der Waals surface area contributed by atoms with Crippen molar-refractivity contribution in [2.24, 2.45) is 5.73 Å². The molecule has 4 nitrogen and oxygen atoms in total. The molecule has 0 aromatic heterocycles. The van der Waals surface area contributed by atoms with Crippen LogP contribution >= 0.6 is 0 Å². The lowest BCUT2D eigenvalue weighted by molar-refractivity contribution is 0.174. The van der Waals surface area contributed by atoms with E-state index in [0.717, 1.165) is 24.5 Å². The Morgan fingerprint density at radius 3 is 2.89 bits per heavy atom. The molecule has 4 heteroatoms. The van der Waals surface area contributed by atoms with E-state index < -0.39 is 0 Å². The smallest absolute Gasteiger partial charge is 0.231 e. The van der Waals surface area contributed by atoms with Gasteiger partial charge in [0.1, 0.15) is 0 Å². The number of ether oxygens (including phenoxy) is 2. The number of nitrogens with two attached hydrogens (primary N) is 1. The van der Waals surface area contributed by atoms with Gasteiger partial charge in [-0.15, -0.1) is 0 Å². The third-order valence-electron chi connectivity index (χ3n) is 3.82. The van der Waals surface area contributed by atoms with Crippen molar-refractivity contribution in [1.29, 1.82) is 0 Å². The minimum Gasteiger partial charge on any atom is -0.454 e. The van der Waals surface area contributed by atoms with Gasteiger partial charge in [-0.2, -0.15) is 0 Å². The van der Waals surface area contributed by atoms with Crippen LogP contribution in [0, 0.1) is 0 Å². The highest BCUT2D eigenvalue weighted by molar-refractivity contribution is 5.44. The van der Waals surface area contributed by atoms with Gasteiger partial charge in [0, 0.05) is 18.6 Å². The SMILES string of the molecule is N[C@@H]1CCCC[C@@H]1NCc1ccc2c(c1)OCO2. The molecule has 0 spiro atoms. The number of fused-ring (bicyclic) bond motifs is 1. The van der Waals surface area contributed by atoms with Gasteiger partial charge in [0.05, 0.1) is 0 Å². The molecule has 1 heterocycles. The summed E-state index contributed by atoms with van der Waals surface area (Å²) in [4.78, 5) is 0. The zero-order valence-corrected chi connectivity index (χ0v) is 10.5. The Morgan fingerprint density at radius 1 is 1.17 bits per heavy atom. The molecule has 1 aliphatic carbocycles. The Balaban J connectivity index is 1.59. The lowest BCUT2D eigenvalue weighted by Crippen LogP contribution is -2.46. The maximum Gasteiger partial charge on any atom is 0.231 e. The Labute approximate surface area is 107 Å². The van der Waals surface area contributed by atoms with Crippen LogP contribution in [0.4, 0.5) is 0 Å². The molecule has 0 amide bonds. The van der Waals surface area contributed by atoms with Crippen LogP contribution in [-0.2, 0) is 6.54 Å². The Hall–Kier alpha value is -1.26. The van der Waals surface area contributed by atoms with E-state index in [0.29, 0.717) is 18.9 Å². The first-order chi connectivity index (χ1) is 8.83. The monoisotopic (exact) mass is 248 g/mol. The molecule has 1 aromatic rings. The molecule has 0 unspecified atom stereocenters. The summed E-state index contributed by atoms with van der Waals surface area (Å²) in [5, 5.41) is 3.56. The van der Waals surface area contributed by atoms with E-state index in [9.17, 15) is 0 Å². The summed E-state index contributed by atoms with van der Waals surface area (Å²) in [6.07, 6.45) is 4.88. The van der Waals surface area contributed by atoms with Crippen molar-refractivity contribution in [2.75, 3.05) is 6.79 Å². The zero-order chi connectivity index (χ0) is 12.4. The molecule has 0 saturated heterocycles. The van der Waals surface area contributed by atoms with Gasteiger partial charge in [-0.1, -0.05) is 18.9 Å². The van der Waals surface area contributed by atoms with Crippen molar-refractivity contribution < 1.29 is 9.47 Å². The van der Waals surface area contributed by atoms with Crippen LogP contribution in [0.15, 0.2) is 18.2 Å². The predicted molar refractivity (Wildman–Crippen MR) is 69.6 cm³/mol. The van der Waals surface area contributed by atoms with E-state index in [4.69, 9.17) is 15.2 Å². The number of nitrogens with one attached hydrogen (secondary N) is 1. The van der Waals surface area contributed by atoms with Gasteiger partial charge in [0.15, 0.2) is 11.5 Å². The molecule has 1 saturated carbocycles. The molecule has 1 fully saturated rings. The fraction of sp³-hybridized carbons (Fsp3) is 0.571. The van der Waals surface area contributed by atoms with E-state index in [-0.39, 0.29) is 0 Å². The number of rotatable bonds is 3. The highest BCUT2D eigenvalue weighted by atomic mass is 16.7. The summed E-state index contributed by atoms with van der Waals surface area (Å²) < 4.78 is 10.7. The predicted octanol–water partition coefficient (Wildman–Crippen LogP) is 1.77. The van der Waals surface area contributed by atoms with E-state index in [1.54, 1.807) is 0 Å². The molecular formula is C14H20N2O2. The van der Waals surface area contributed by atoms with Gasteiger partial charge < -0.3 is 20.5 Å². The molecule has 0 radical (unpaired) electrons. The van der Waals surface area contributed by atoms with E-state index in [1.807, 2.05) is 12.1 Å². The summed E-state index contributed by atoms with van der Waals surface area (Å²) in [5.41, 5.74) is 7.35. The average molecular weight is 248 g/mol.